The van der Waals surface area contributed by atoms with Gasteiger partial charge in [0.05, 0.1) is 11.4 Å². The Morgan fingerprint density at radius 3 is 2.62 bits per heavy atom. The summed E-state index contributed by atoms with van der Waals surface area (Å²) in [4.78, 5) is 7.52. The van der Waals surface area contributed by atoms with Crippen molar-refractivity contribution >= 4 is 39.0 Å². The van der Waals surface area contributed by atoms with E-state index in [-0.39, 0.29) is 0 Å². The molecule has 0 unspecified atom stereocenters. The zero-order valence-corrected chi connectivity index (χ0v) is 15.9. The first-order valence-corrected chi connectivity index (χ1v) is 9.77. The standard InChI is InChI=1S/C16H21BrN2S2/c1-4-18-9-14-16(11(2)3)19-15(21-14)10-20-13-7-5-12(17)6-8-13/h5-8,11,18H,4,9-10H2,1-3H3. The first-order valence-electron chi connectivity index (χ1n) is 7.17. The van der Waals surface area contributed by atoms with E-state index >= 15 is 0 Å². The molecule has 0 aliphatic rings. The van der Waals surface area contributed by atoms with E-state index < -0.39 is 0 Å². The van der Waals surface area contributed by atoms with E-state index in [0.29, 0.717) is 5.92 Å². The van der Waals surface area contributed by atoms with E-state index in [1.165, 1.54) is 20.5 Å². The molecule has 2 aromatic rings. The largest absolute Gasteiger partial charge is 0.312 e. The van der Waals surface area contributed by atoms with E-state index in [2.05, 4.69) is 66.3 Å². The lowest BCUT2D eigenvalue weighted by Crippen LogP contribution is -2.12. The van der Waals surface area contributed by atoms with Crippen LogP contribution in [0.25, 0.3) is 0 Å². The van der Waals surface area contributed by atoms with Gasteiger partial charge in [-0.05, 0) is 36.7 Å². The van der Waals surface area contributed by atoms with Crippen molar-refractivity contribution in [2.24, 2.45) is 0 Å². The molecule has 0 saturated carbocycles. The molecule has 0 aliphatic carbocycles. The van der Waals surface area contributed by atoms with Gasteiger partial charge in [0.1, 0.15) is 5.01 Å². The van der Waals surface area contributed by atoms with Gasteiger partial charge in [-0.15, -0.1) is 23.1 Å². The Labute approximate surface area is 143 Å². The number of thiazole rings is 1. The molecule has 0 aliphatic heterocycles. The van der Waals surface area contributed by atoms with E-state index in [0.717, 1.165) is 23.3 Å². The van der Waals surface area contributed by atoms with Gasteiger partial charge < -0.3 is 5.32 Å². The summed E-state index contributed by atoms with van der Waals surface area (Å²) in [6.45, 7) is 8.51. The Bertz CT molecular complexity index is 564. The predicted molar refractivity (Wildman–Crippen MR) is 97.3 cm³/mol. The second-order valence-corrected chi connectivity index (χ2v) is 8.23. The fraction of sp³-hybridized carbons (Fsp3) is 0.438. The lowest BCUT2D eigenvalue weighted by molar-refractivity contribution is 0.713. The lowest BCUT2D eigenvalue weighted by Gasteiger charge is -2.04. The van der Waals surface area contributed by atoms with Crippen molar-refractivity contribution in [3.63, 3.8) is 0 Å². The highest BCUT2D eigenvalue weighted by atomic mass is 79.9. The molecule has 0 amide bonds. The fourth-order valence-electron chi connectivity index (χ4n) is 1.97. The average Bonchev–Trinajstić information content (AvgIpc) is 2.88. The quantitative estimate of drug-likeness (QED) is 0.644. The molecular formula is C16H21BrN2S2. The molecule has 114 valence electrons. The molecule has 1 N–H and O–H groups in total. The van der Waals surface area contributed by atoms with Crippen molar-refractivity contribution in [1.82, 2.24) is 10.3 Å². The van der Waals surface area contributed by atoms with Crippen molar-refractivity contribution in [3.8, 4) is 0 Å². The number of rotatable bonds is 7. The molecule has 21 heavy (non-hydrogen) atoms. The Morgan fingerprint density at radius 1 is 1.29 bits per heavy atom. The van der Waals surface area contributed by atoms with Gasteiger partial charge >= 0.3 is 0 Å². The third-order valence-electron chi connectivity index (χ3n) is 3.03. The van der Waals surface area contributed by atoms with Crippen LogP contribution in [0.4, 0.5) is 0 Å². The normalized spacial score (nSPS) is 11.3. The van der Waals surface area contributed by atoms with E-state index in [1.807, 2.05) is 23.1 Å². The van der Waals surface area contributed by atoms with Crippen LogP contribution in [-0.2, 0) is 12.3 Å². The zero-order chi connectivity index (χ0) is 15.2. The van der Waals surface area contributed by atoms with Gasteiger partial charge in [-0.2, -0.15) is 0 Å². The van der Waals surface area contributed by atoms with Crippen LogP contribution in [0.1, 0.15) is 42.3 Å². The van der Waals surface area contributed by atoms with Crippen molar-refractivity contribution in [2.45, 2.75) is 43.9 Å². The molecule has 0 saturated heterocycles. The Morgan fingerprint density at radius 2 is 2.00 bits per heavy atom. The first kappa shape index (κ1) is 17.0. The lowest BCUT2D eigenvalue weighted by atomic mass is 10.1. The number of hydrogen-bond acceptors (Lipinski definition) is 4. The molecule has 2 nitrogen and oxygen atoms in total. The first-order chi connectivity index (χ1) is 10.1. The van der Waals surface area contributed by atoms with Gasteiger partial charge in [0.25, 0.3) is 0 Å². The van der Waals surface area contributed by atoms with Crippen LogP contribution in [-0.4, -0.2) is 11.5 Å². The van der Waals surface area contributed by atoms with Crippen LogP contribution in [0.3, 0.4) is 0 Å². The fourth-order valence-corrected chi connectivity index (χ4v) is 4.32. The average molecular weight is 385 g/mol. The van der Waals surface area contributed by atoms with Crippen molar-refractivity contribution in [1.29, 1.82) is 0 Å². The van der Waals surface area contributed by atoms with Crippen LogP contribution in [0, 0.1) is 0 Å². The SMILES string of the molecule is CCNCc1sc(CSc2ccc(Br)cc2)nc1C(C)C. The monoisotopic (exact) mass is 384 g/mol. The third kappa shape index (κ3) is 5.09. The number of hydrogen-bond donors (Lipinski definition) is 1. The summed E-state index contributed by atoms with van der Waals surface area (Å²) in [7, 11) is 0. The topological polar surface area (TPSA) is 24.9 Å². The summed E-state index contributed by atoms with van der Waals surface area (Å²) in [6.07, 6.45) is 0. The summed E-state index contributed by atoms with van der Waals surface area (Å²) in [6, 6.07) is 8.46. The van der Waals surface area contributed by atoms with Crippen LogP contribution >= 0.6 is 39.0 Å². The van der Waals surface area contributed by atoms with Gasteiger partial charge in [0.15, 0.2) is 0 Å². The predicted octanol–water partition coefficient (Wildman–Crippen LogP) is 5.43. The minimum atomic E-state index is 0.487. The third-order valence-corrected chi connectivity index (χ3v) is 5.84. The van der Waals surface area contributed by atoms with E-state index in [1.54, 1.807) is 0 Å². The highest BCUT2D eigenvalue weighted by Gasteiger charge is 2.14. The molecule has 0 fully saturated rings. The van der Waals surface area contributed by atoms with Crippen molar-refractivity contribution in [3.05, 3.63) is 44.3 Å². The minimum Gasteiger partial charge on any atom is -0.312 e. The van der Waals surface area contributed by atoms with Crippen LogP contribution in [0.5, 0.6) is 0 Å². The Balaban J connectivity index is 2.04. The number of halogens is 1. The van der Waals surface area contributed by atoms with Crippen LogP contribution < -0.4 is 5.32 Å². The molecule has 1 aromatic heterocycles. The minimum absolute atomic E-state index is 0.487. The summed E-state index contributed by atoms with van der Waals surface area (Å²) >= 11 is 7.16. The van der Waals surface area contributed by atoms with E-state index in [4.69, 9.17) is 4.98 Å². The van der Waals surface area contributed by atoms with E-state index in [9.17, 15) is 0 Å². The van der Waals surface area contributed by atoms with Crippen molar-refractivity contribution in [2.75, 3.05) is 6.54 Å². The summed E-state index contributed by atoms with van der Waals surface area (Å²) in [5.74, 6) is 1.43. The molecule has 0 bridgehead atoms. The van der Waals surface area contributed by atoms with Crippen LogP contribution in [0.2, 0.25) is 0 Å². The highest BCUT2D eigenvalue weighted by molar-refractivity contribution is 9.10. The second kappa shape index (κ2) is 8.32. The van der Waals surface area contributed by atoms with Crippen molar-refractivity contribution < 1.29 is 0 Å². The van der Waals surface area contributed by atoms with Gasteiger partial charge in [-0.3, -0.25) is 0 Å². The number of nitrogens with zero attached hydrogens (tertiary/aromatic N) is 1. The molecule has 0 atom stereocenters. The maximum atomic E-state index is 4.84. The number of aromatic nitrogens is 1. The number of thioether (sulfide) groups is 1. The highest BCUT2D eigenvalue weighted by Crippen LogP contribution is 2.30. The van der Waals surface area contributed by atoms with Gasteiger partial charge in [0.2, 0.25) is 0 Å². The summed E-state index contributed by atoms with van der Waals surface area (Å²) in [5, 5.41) is 4.63. The molecule has 1 aromatic carbocycles. The summed E-state index contributed by atoms with van der Waals surface area (Å²) < 4.78 is 1.12. The Kier molecular flexibility index (Phi) is 6.74. The maximum absolute atomic E-state index is 4.84. The van der Waals surface area contributed by atoms with Crippen LogP contribution in [0.15, 0.2) is 33.6 Å². The number of nitrogens with one attached hydrogen (secondary N) is 1. The number of benzene rings is 1. The molecule has 0 radical (unpaired) electrons. The molecule has 1 heterocycles. The summed E-state index contributed by atoms with van der Waals surface area (Å²) in [5.41, 5.74) is 1.26. The Hall–Kier alpha value is -0.360. The smallest absolute Gasteiger partial charge is 0.103 e. The zero-order valence-electron chi connectivity index (χ0n) is 12.6. The van der Waals surface area contributed by atoms with Gasteiger partial charge in [0, 0.05) is 20.8 Å². The van der Waals surface area contributed by atoms with Gasteiger partial charge in [-0.1, -0.05) is 36.7 Å². The molecular weight excluding hydrogens is 364 g/mol. The molecule has 2 rings (SSSR count). The molecule has 5 heteroatoms. The van der Waals surface area contributed by atoms with Gasteiger partial charge in [-0.25, -0.2) is 4.98 Å². The second-order valence-electron chi connectivity index (χ2n) is 5.09. The maximum Gasteiger partial charge on any atom is 0.103 e. The molecule has 0 spiro atoms.